The van der Waals surface area contributed by atoms with Crippen LogP contribution in [0, 0.1) is 5.95 Å². The summed E-state index contributed by atoms with van der Waals surface area (Å²) in [7, 11) is 0. The second-order valence-electron chi connectivity index (χ2n) is 2.54. The topological polar surface area (TPSA) is 63.8 Å². The van der Waals surface area contributed by atoms with E-state index in [1.807, 2.05) is 0 Å². The summed E-state index contributed by atoms with van der Waals surface area (Å²) in [6.45, 7) is 0.353. The van der Waals surface area contributed by atoms with Crippen LogP contribution in [-0.2, 0) is 6.54 Å². The molecular weight excluding hydrogens is 187 g/mol. The molecule has 0 aliphatic rings. The number of hydrogen-bond donors (Lipinski definition) is 1. The Morgan fingerprint density at radius 3 is 2.93 bits per heavy atom. The van der Waals surface area contributed by atoms with Crippen molar-refractivity contribution >= 4 is 5.82 Å². The quantitative estimate of drug-likeness (QED) is 0.795. The maximum atomic E-state index is 12.9. The van der Waals surface area contributed by atoms with E-state index in [1.165, 1.54) is 18.7 Å². The Kier molecular flexibility index (Phi) is 2.35. The van der Waals surface area contributed by atoms with E-state index >= 15 is 0 Å². The Morgan fingerprint density at radius 2 is 2.21 bits per heavy atom. The fourth-order valence-corrected chi connectivity index (χ4v) is 0.943. The number of hydrogen-bond acceptors (Lipinski definition) is 5. The number of rotatable bonds is 3. The molecule has 0 aromatic carbocycles. The summed E-state index contributed by atoms with van der Waals surface area (Å²) in [4.78, 5) is 7.21. The Morgan fingerprint density at radius 1 is 1.36 bits per heavy atom. The Balaban J connectivity index is 2.02. The number of anilines is 1. The Labute approximate surface area is 79.0 Å². The van der Waals surface area contributed by atoms with E-state index in [9.17, 15) is 4.39 Å². The molecule has 1 N–H and O–H groups in total. The van der Waals surface area contributed by atoms with Crippen molar-refractivity contribution in [3.63, 3.8) is 0 Å². The summed E-state index contributed by atoms with van der Waals surface area (Å²) >= 11 is 0. The zero-order valence-corrected chi connectivity index (χ0v) is 7.14. The van der Waals surface area contributed by atoms with E-state index < -0.39 is 5.95 Å². The first kappa shape index (κ1) is 8.61. The van der Waals surface area contributed by atoms with Gasteiger partial charge in [0.1, 0.15) is 12.0 Å². The molecule has 0 spiro atoms. The minimum absolute atomic E-state index is 0.107. The zero-order valence-electron chi connectivity index (χ0n) is 7.14. The largest absolute Gasteiger partial charge is 0.364 e. The van der Waals surface area contributed by atoms with Gasteiger partial charge in [-0.05, 0) is 0 Å². The van der Waals surface area contributed by atoms with Gasteiger partial charge < -0.3 is 9.84 Å². The van der Waals surface area contributed by atoms with Crippen molar-refractivity contribution in [2.24, 2.45) is 0 Å². The Hall–Kier alpha value is -1.98. The predicted octanol–water partition coefficient (Wildman–Crippen LogP) is 1.22. The van der Waals surface area contributed by atoms with Crippen LogP contribution in [0.15, 0.2) is 29.2 Å². The SMILES string of the molecule is Fc1nccnc1NCc1ccon1. The molecule has 0 unspecified atom stereocenters. The molecule has 2 aromatic rings. The fraction of sp³-hybridized carbons (Fsp3) is 0.125. The molecule has 0 atom stereocenters. The minimum Gasteiger partial charge on any atom is -0.364 e. The van der Waals surface area contributed by atoms with Gasteiger partial charge in [-0.3, -0.25) is 0 Å². The third kappa shape index (κ3) is 1.85. The number of nitrogens with zero attached hydrogens (tertiary/aromatic N) is 3. The van der Waals surface area contributed by atoms with Gasteiger partial charge >= 0.3 is 0 Å². The highest BCUT2D eigenvalue weighted by Gasteiger charge is 2.03. The molecule has 0 fully saturated rings. The lowest BCUT2D eigenvalue weighted by molar-refractivity contribution is 0.412. The first-order valence-electron chi connectivity index (χ1n) is 3.96. The molecule has 2 heterocycles. The molecule has 72 valence electrons. The van der Waals surface area contributed by atoms with E-state index in [2.05, 4.69) is 25.0 Å². The summed E-state index contributed by atoms with van der Waals surface area (Å²) in [5.74, 6) is -0.522. The highest BCUT2D eigenvalue weighted by Crippen LogP contribution is 2.06. The van der Waals surface area contributed by atoms with Gasteiger partial charge in [-0.15, -0.1) is 0 Å². The molecular formula is C8H7FN4O. The van der Waals surface area contributed by atoms with Crippen molar-refractivity contribution in [2.45, 2.75) is 6.54 Å². The molecule has 0 radical (unpaired) electrons. The minimum atomic E-state index is -0.629. The normalized spacial score (nSPS) is 10.1. The van der Waals surface area contributed by atoms with Crippen LogP contribution < -0.4 is 5.32 Å². The summed E-state index contributed by atoms with van der Waals surface area (Å²) < 4.78 is 17.6. The lowest BCUT2D eigenvalue weighted by Crippen LogP contribution is -2.04. The van der Waals surface area contributed by atoms with Gasteiger partial charge in [0.05, 0.1) is 6.54 Å². The van der Waals surface area contributed by atoms with E-state index in [0.29, 0.717) is 12.2 Å². The highest BCUT2D eigenvalue weighted by atomic mass is 19.1. The first-order valence-corrected chi connectivity index (χ1v) is 3.96. The monoisotopic (exact) mass is 194 g/mol. The van der Waals surface area contributed by atoms with Gasteiger partial charge in [0, 0.05) is 18.5 Å². The summed E-state index contributed by atoms with van der Waals surface area (Å²) in [6.07, 6.45) is 4.15. The van der Waals surface area contributed by atoms with E-state index in [0.717, 1.165) is 0 Å². The average Bonchev–Trinajstić information content (AvgIpc) is 2.69. The molecule has 0 amide bonds. The van der Waals surface area contributed by atoms with Gasteiger partial charge in [-0.1, -0.05) is 5.16 Å². The standard InChI is InChI=1S/C8H7FN4O/c9-7-8(11-3-2-10-7)12-5-6-1-4-14-13-6/h1-4H,5H2,(H,11,12). The second-order valence-corrected chi connectivity index (χ2v) is 2.54. The zero-order chi connectivity index (χ0) is 9.80. The van der Waals surface area contributed by atoms with Crippen molar-refractivity contribution < 1.29 is 8.91 Å². The number of aromatic nitrogens is 3. The van der Waals surface area contributed by atoms with Crippen LogP contribution in [0.25, 0.3) is 0 Å². The van der Waals surface area contributed by atoms with Crippen LogP contribution >= 0.6 is 0 Å². The van der Waals surface area contributed by atoms with E-state index in [1.54, 1.807) is 6.07 Å². The molecule has 6 heteroatoms. The fourth-order valence-electron chi connectivity index (χ4n) is 0.943. The molecule has 0 bridgehead atoms. The molecule has 0 aliphatic carbocycles. The average molecular weight is 194 g/mol. The van der Waals surface area contributed by atoms with E-state index in [-0.39, 0.29) is 5.82 Å². The molecule has 5 nitrogen and oxygen atoms in total. The van der Waals surface area contributed by atoms with Crippen LogP contribution in [0.3, 0.4) is 0 Å². The summed E-state index contributed by atoms with van der Waals surface area (Å²) in [5, 5.41) is 6.40. The van der Waals surface area contributed by atoms with Crippen molar-refractivity contribution in [1.29, 1.82) is 0 Å². The second kappa shape index (κ2) is 3.82. The first-order chi connectivity index (χ1) is 6.86. The van der Waals surface area contributed by atoms with Crippen molar-refractivity contribution in [3.8, 4) is 0 Å². The summed E-state index contributed by atoms with van der Waals surface area (Å²) in [5.41, 5.74) is 0.676. The van der Waals surface area contributed by atoms with Gasteiger partial charge in [0.25, 0.3) is 5.95 Å². The molecule has 0 aliphatic heterocycles. The van der Waals surface area contributed by atoms with Crippen LogP contribution in [0.4, 0.5) is 10.2 Å². The Bertz CT molecular complexity index is 403. The molecule has 0 saturated heterocycles. The summed E-state index contributed by atoms with van der Waals surface area (Å²) in [6, 6.07) is 1.68. The van der Waals surface area contributed by atoms with Crippen LogP contribution in [0.2, 0.25) is 0 Å². The van der Waals surface area contributed by atoms with Crippen LogP contribution in [-0.4, -0.2) is 15.1 Å². The molecule has 14 heavy (non-hydrogen) atoms. The van der Waals surface area contributed by atoms with Gasteiger partial charge in [0.15, 0.2) is 5.82 Å². The molecule has 2 aromatic heterocycles. The van der Waals surface area contributed by atoms with E-state index in [4.69, 9.17) is 0 Å². The van der Waals surface area contributed by atoms with Crippen molar-refractivity contribution in [2.75, 3.05) is 5.32 Å². The van der Waals surface area contributed by atoms with Crippen LogP contribution in [0.1, 0.15) is 5.69 Å². The molecule has 2 rings (SSSR count). The number of halogens is 1. The maximum absolute atomic E-state index is 12.9. The maximum Gasteiger partial charge on any atom is 0.255 e. The predicted molar refractivity (Wildman–Crippen MR) is 45.8 cm³/mol. The highest BCUT2D eigenvalue weighted by molar-refractivity contribution is 5.32. The lowest BCUT2D eigenvalue weighted by Gasteiger charge is -2.01. The van der Waals surface area contributed by atoms with Gasteiger partial charge in [-0.2, -0.15) is 4.39 Å². The smallest absolute Gasteiger partial charge is 0.255 e. The molecule has 0 saturated carbocycles. The third-order valence-electron chi connectivity index (χ3n) is 1.58. The van der Waals surface area contributed by atoms with Crippen LogP contribution in [0.5, 0.6) is 0 Å². The van der Waals surface area contributed by atoms with Crippen molar-refractivity contribution in [3.05, 3.63) is 36.4 Å². The third-order valence-corrected chi connectivity index (χ3v) is 1.58. The number of nitrogens with one attached hydrogen (secondary N) is 1. The van der Waals surface area contributed by atoms with Crippen molar-refractivity contribution in [1.82, 2.24) is 15.1 Å². The van der Waals surface area contributed by atoms with Gasteiger partial charge in [-0.25, -0.2) is 9.97 Å². The van der Waals surface area contributed by atoms with Gasteiger partial charge in [0.2, 0.25) is 0 Å². The lowest BCUT2D eigenvalue weighted by atomic mass is 10.4.